The van der Waals surface area contributed by atoms with Crippen LogP contribution in [0, 0.1) is 20.8 Å². The van der Waals surface area contributed by atoms with Crippen LogP contribution in [0.15, 0.2) is 58.5 Å². The Labute approximate surface area is 152 Å². The lowest BCUT2D eigenvalue weighted by atomic mass is 9.91. The number of hydrogen-bond donors (Lipinski definition) is 0. The molecule has 0 bridgehead atoms. The first-order valence-electron chi connectivity index (χ1n) is 8.69. The van der Waals surface area contributed by atoms with Crippen molar-refractivity contribution in [2.75, 3.05) is 0 Å². The van der Waals surface area contributed by atoms with E-state index >= 15 is 0 Å². The zero-order valence-corrected chi connectivity index (χ0v) is 15.8. The molecule has 122 valence electrons. The standard InChI is InChI=1S/C23H20NS/c1-13-11-16-9-10-24(4)22-20-14(2)17-7-5-6-8-18(17)15(3)23(20)25-19(12-13)21(16)22/h5-12H,1-4H3/q+1. The first-order chi connectivity index (χ1) is 12.1. The normalized spacial score (nSPS) is 12.6. The molecule has 0 spiro atoms. The van der Waals surface area contributed by atoms with Crippen molar-refractivity contribution in [1.82, 2.24) is 0 Å². The van der Waals surface area contributed by atoms with Gasteiger partial charge >= 0.3 is 0 Å². The number of hydrogen-bond acceptors (Lipinski definition) is 1. The summed E-state index contributed by atoms with van der Waals surface area (Å²) in [5.41, 5.74) is 6.87. The largest absolute Gasteiger partial charge is 0.222 e. The fraction of sp³-hybridized carbons (Fsp3) is 0.174. The molecule has 0 saturated carbocycles. The third kappa shape index (κ3) is 1.95. The van der Waals surface area contributed by atoms with Crippen molar-refractivity contribution in [3.8, 4) is 11.3 Å². The second-order valence-corrected chi connectivity index (χ2v) is 8.16. The highest BCUT2D eigenvalue weighted by atomic mass is 32.2. The molecule has 25 heavy (non-hydrogen) atoms. The van der Waals surface area contributed by atoms with Crippen molar-refractivity contribution in [3.05, 3.63) is 65.4 Å². The third-order valence-electron chi connectivity index (χ3n) is 5.47. The first-order valence-corrected chi connectivity index (χ1v) is 9.51. The maximum absolute atomic E-state index is 2.34. The zero-order chi connectivity index (χ0) is 17.3. The lowest BCUT2D eigenvalue weighted by molar-refractivity contribution is -0.659. The van der Waals surface area contributed by atoms with Gasteiger partial charge in [-0.25, -0.2) is 4.57 Å². The van der Waals surface area contributed by atoms with Gasteiger partial charge in [0, 0.05) is 15.9 Å². The van der Waals surface area contributed by atoms with E-state index < -0.39 is 0 Å². The van der Waals surface area contributed by atoms with Crippen LogP contribution in [0.2, 0.25) is 0 Å². The fourth-order valence-electron chi connectivity index (χ4n) is 4.26. The first kappa shape index (κ1) is 15.0. The SMILES string of the molecule is Cc1cc2c3c([n+](C)ccc3c1)-c1c(c(C)c3ccccc3c1C)S2. The second kappa shape index (κ2) is 5.09. The summed E-state index contributed by atoms with van der Waals surface area (Å²) in [5, 5.41) is 5.47. The van der Waals surface area contributed by atoms with E-state index in [0.29, 0.717) is 0 Å². The molecule has 1 aliphatic heterocycles. The maximum atomic E-state index is 2.34. The molecule has 1 aliphatic rings. The predicted molar refractivity (Wildman–Crippen MR) is 106 cm³/mol. The van der Waals surface area contributed by atoms with Crippen LogP contribution in [0.3, 0.4) is 0 Å². The van der Waals surface area contributed by atoms with E-state index in [4.69, 9.17) is 0 Å². The molecule has 0 aliphatic carbocycles. The van der Waals surface area contributed by atoms with Gasteiger partial charge in [-0.3, -0.25) is 0 Å². The van der Waals surface area contributed by atoms with Gasteiger partial charge in [0.1, 0.15) is 7.05 Å². The highest BCUT2D eigenvalue weighted by molar-refractivity contribution is 7.99. The molecular weight excluding hydrogens is 322 g/mol. The monoisotopic (exact) mass is 342 g/mol. The molecule has 2 heteroatoms. The number of fused-ring (bicyclic) bond motifs is 3. The number of aromatic nitrogens is 1. The predicted octanol–water partition coefficient (Wildman–Crippen LogP) is 5.87. The van der Waals surface area contributed by atoms with Gasteiger partial charge in [-0.1, -0.05) is 42.1 Å². The van der Waals surface area contributed by atoms with Gasteiger partial charge in [-0.05, 0) is 59.7 Å². The van der Waals surface area contributed by atoms with E-state index in [1.54, 1.807) is 0 Å². The van der Waals surface area contributed by atoms with Gasteiger partial charge in [0.15, 0.2) is 6.20 Å². The average Bonchev–Trinajstić information content (AvgIpc) is 2.61. The summed E-state index contributed by atoms with van der Waals surface area (Å²) in [6.07, 6.45) is 2.20. The van der Waals surface area contributed by atoms with Gasteiger partial charge in [0.05, 0.1) is 10.9 Å². The highest BCUT2D eigenvalue weighted by Crippen LogP contribution is 2.51. The minimum atomic E-state index is 1.33. The summed E-state index contributed by atoms with van der Waals surface area (Å²) < 4.78 is 2.29. The molecule has 0 unspecified atom stereocenters. The fourth-order valence-corrected chi connectivity index (χ4v) is 5.66. The zero-order valence-electron chi connectivity index (χ0n) is 15.0. The molecule has 3 aromatic carbocycles. The van der Waals surface area contributed by atoms with Crippen LogP contribution >= 0.6 is 11.8 Å². The summed E-state index contributed by atoms with van der Waals surface area (Å²) in [7, 11) is 2.17. The Morgan fingerprint density at radius 3 is 2.36 bits per heavy atom. The van der Waals surface area contributed by atoms with Crippen LogP contribution in [0.5, 0.6) is 0 Å². The van der Waals surface area contributed by atoms with E-state index in [-0.39, 0.29) is 0 Å². The summed E-state index contributed by atoms with van der Waals surface area (Å²) in [5.74, 6) is 0. The molecule has 4 aromatic rings. The summed E-state index contributed by atoms with van der Waals surface area (Å²) in [4.78, 5) is 2.80. The summed E-state index contributed by atoms with van der Waals surface area (Å²) >= 11 is 1.94. The molecular formula is C23H20NS+. The van der Waals surface area contributed by atoms with E-state index in [9.17, 15) is 0 Å². The smallest absolute Gasteiger partial charge is 0.200 e. The molecule has 1 nitrogen and oxygen atoms in total. The van der Waals surface area contributed by atoms with Gasteiger partial charge < -0.3 is 0 Å². The van der Waals surface area contributed by atoms with Crippen LogP contribution in [0.25, 0.3) is 32.8 Å². The minimum absolute atomic E-state index is 1.33. The number of pyridine rings is 1. The Kier molecular flexibility index (Phi) is 3.05. The van der Waals surface area contributed by atoms with Crippen molar-refractivity contribution < 1.29 is 4.57 Å². The molecule has 0 radical (unpaired) electrons. The number of rotatable bonds is 0. The van der Waals surface area contributed by atoms with Crippen molar-refractivity contribution in [1.29, 1.82) is 0 Å². The molecule has 0 amide bonds. The molecule has 1 aromatic heterocycles. The molecule has 0 saturated heterocycles. The average molecular weight is 342 g/mol. The Morgan fingerprint density at radius 2 is 1.60 bits per heavy atom. The summed E-state index contributed by atoms with van der Waals surface area (Å²) in [6, 6.07) is 15.7. The van der Waals surface area contributed by atoms with Gasteiger partial charge in [-0.15, -0.1) is 0 Å². The van der Waals surface area contributed by atoms with E-state index in [0.717, 1.165) is 0 Å². The highest BCUT2D eigenvalue weighted by Gasteiger charge is 2.30. The quantitative estimate of drug-likeness (QED) is 0.318. The topological polar surface area (TPSA) is 3.88 Å². The Morgan fingerprint density at radius 1 is 0.880 bits per heavy atom. The number of nitrogens with zero attached hydrogens (tertiary/aromatic N) is 1. The number of benzene rings is 3. The second-order valence-electron chi connectivity index (χ2n) is 7.10. The van der Waals surface area contributed by atoms with Crippen molar-refractivity contribution in [2.45, 2.75) is 30.6 Å². The molecule has 0 N–H and O–H groups in total. The van der Waals surface area contributed by atoms with Crippen molar-refractivity contribution in [2.24, 2.45) is 7.05 Å². The lowest BCUT2D eigenvalue weighted by Crippen LogP contribution is -2.31. The van der Waals surface area contributed by atoms with Crippen LogP contribution in [0.1, 0.15) is 16.7 Å². The van der Waals surface area contributed by atoms with Crippen LogP contribution in [-0.2, 0) is 7.05 Å². The Balaban J connectivity index is 2.05. The van der Waals surface area contributed by atoms with Crippen LogP contribution in [0.4, 0.5) is 0 Å². The molecule has 0 fully saturated rings. The van der Waals surface area contributed by atoms with Crippen LogP contribution < -0.4 is 4.57 Å². The number of aryl methyl sites for hydroxylation is 4. The lowest BCUT2D eigenvalue weighted by Gasteiger charge is -2.23. The van der Waals surface area contributed by atoms with E-state index in [2.05, 4.69) is 81.0 Å². The van der Waals surface area contributed by atoms with Crippen molar-refractivity contribution in [3.63, 3.8) is 0 Å². The van der Waals surface area contributed by atoms with Gasteiger partial charge in [-0.2, -0.15) is 0 Å². The Bertz CT molecular complexity index is 1200. The molecule has 2 heterocycles. The van der Waals surface area contributed by atoms with E-state index in [1.807, 2.05) is 11.8 Å². The molecule has 5 rings (SSSR count). The van der Waals surface area contributed by atoms with E-state index in [1.165, 1.54) is 59.3 Å². The maximum Gasteiger partial charge on any atom is 0.222 e. The minimum Gasteiger partial charge on any atom is -0.200 e. The van der Waals surface area contributed by atoms with Crippen molar-refractivity contribution >= 4 is 33.3 Å². The summed E-state index contributed by atoms with van der Waals surface area (Å²) in [6.45, 7) is 6.74. The third-order valence-corrected chi connectivity index (χ3v) is 6.73. The van der Waals surface area contributed by atoms with Gasteiger partial charge in [0.2, 0.25) is 5.69 Å². The van der Waals surface area contributed by atoms with Crippen LogP contribution in [-0.4, -0.2) is 0 Å². The Hall–Kier alpha value is -2.32. The molecule has 0 atom stereocenters. The van der Waals surface area contributed by atoms with Gasteiger partial charge in [0.25, 0.3) is 0 Å².